The summed E-state index contributed by atoms with van der Waals surface area (Å²) in [5, 5.41) is 3.44. The van der Waals surface area contributed by atoms with E-state index in [2.05, 4.69) is 33.0 Å². The van der Waals surface area contributed by atoms with E-state index in [1.807, 2.05) is 14.0 Å². The van der Waals surface area contributed by atoms with Crippen LogP contribution in [0.1, 0.15) is 55.4 Å². The van der Waals surface area contributed by atoms with Crippen LogP contribution in [-0.4, -0.2) is 7.05 Å². The molecule has 2 heteroatoms. The molecule has 2 atom stereocenters. The van der Waals surface area contributed by atoms with Crippen molar-refractivity contribution in [2.75, 3.05) is 7.05 Å². The molecule has 0 aliphatic heterocycles. The van der Waals surface area contributed by atoms with Crippen LogP contribution >= 0.6 is 0 Å². The number of nitrogens with one attached hydrogen (secondary N) is 1. The first-order valence-electron chi connectivity index (χ1n) is 6.26. The maximum Gasteiger partial charge on any atom is 0.106 e. The van der Waals surface area contributed by atoms with Crippen LogP contribution in [0.2, 0.25) is 0 Å². The van der Waals surface area contributed by atoms with Crippen LogP contribution in [0.25, 0.3) is 0 Å². The lowest BCUT2D eigenvalue weighted by Crippen LogP contribution is -2.24. The minimum Gasteiger partial charge on any atom is -0.466 e. The lowest BCUT2D eigenvalue weighted by Gasteiger charge is -2.24. The molecule has 0 aliphatic rings. The van der Waals surface area contributed by atoms with Gasteiger partial charge in [-0.05, 0) is 45.7 Å². The first kappa shape index (κ1) is 13.3. The highest BCUT2D eigenvalue weighted by Gasteiger charge is 2.23. The van der Waals surface area contributed by atoms with Crippen LogP contribution in [0, 0.1) is 26.7 Å². The molecule has 2 nitrogen and oxygen atoms in total. The molecule has 1 heterocycles. The summed E-state index contributed by atoms with van der Waals surface area (Å²) in [5.41, 5.74) is 2.67. The van der Waals surface area contributed by atoms with E-state index in [9.17, 15) is 0 Å². The smallest absolute Gasteiger partial charge is 0.106 e. The first-order valence-corrected chi connectivity index (χ1v) is 6.26. The van der Waals surface area contributed by atoms with Crippen molar-refractivity contribution in [3.05, 3.63) is 22.6 Å². The van der Waals surface area contributed by atoms with Gasteiger partial charge in [0, 0.05) is 11.6 Å². The van der Waals surface area contributed by atoms with Gasteiger partial charge in [0.1, 0.15) is 11.5 Å². The van der Waals surface area contributed by atoms with Gasteiger partial charge in [-0.25, -0.2) is 0 Å². The Labute approximate surface area is 99.4 Å². The number of rotatable bonds is 5. The molecule has 0 aromatic carbocycles. The summed E-state index contributed by atoms with van der Waals surface area (Å²) in [6, 6.07) is 0.414. The Balaban J connectivity index is 3.03. The second-order valence-electron chi connectivity index (χ2n) is 4.79. The highest BCUT2D eigenvalue weighted by atomic mass is 16.3. The maximum absolute atomic E-state index is 5.72. The number of hydrogen-bond acceptors (Lipinski definition) is 2. The van der Waals surface area contributed by atoms with Gasteiger partial charge in [-0.3, -0.25) is 0 Å². The van der Waals surface area contributed by atoms with E-state index in [0.29, 0.717) is 12.0 Å². The molecule has 16 heavy (non-hydrogen) atoms. The second kappa shape index (κ2) is 5.53. The standard InChI is InChI=1S/C14H25NO/c1-7-8-9(2)14(15-6)13-10(3)11(4)16-12(13)5/h9,14-15H,7-8H2,1-6H3. The van der Waals surface area contributed by atoms with Gasteiger partial charge in [0.15, 0.2) is 0 Å². The highest BCUT2D eigenvalue weighted by Crippen LogP contribution is 2.32. The lowest BCUT2D eigenvalue weighted by molar-refractivity contribution is 0.376. The van der Waals surface area contributed by atoms with Crippen molar-refractivity contribution in [2.24, 2.45) is 5.92 Å². The van der Waals surface area contributed by atoms with Crippen molar-refractivity contribution in [1.82, 2.24) is 5.32 Å². The molecular formula is C14H25NO. The van der Waals surface area contributed by atoms with E-state index < -0.39 is 0 Å². The molecule has 0 saturated carbocycles. The van der Waals surface area contributed by atoms with Crippen molar-refractivity contribution in [2.45, 2.75) is 53.5 Å². The monoisotopic (exact) mass is 223 g/mol. The first-order chi connectivity index (χ1) is 7.52. The molecular weight excluding hydrogens is 198 g/mol. The molecule has 0 amide bonds. The average Bonchev–Trinajstić information content (AvgIpc) is 2.46. The molecule has 0 saturated heterocycles. The number of hydrogen-bond donors (Lipinski definition) is 1. The van der Waals surface area contributed by atoms with Gasteiger partial charge in [0.05, 0.1) is 0 Å². The zero-order valence-electron chi connectivity index (χ0n) is 11.5. The summed E-state index contributed by atoms with van der Waals surface area (Å²) in [5.74, 6) is 2.76. The maximum atomic E-state index is 5.72. The molecule has 2 unspecified atom stereocenters. The Morgan fingerprint density at radius 3 is 2.19 bits per heavy atom. The molecule has 0 bridgehead atoms. The second-order valence-corrected chi connectivity index (χ2v) is 4.79. The molecule has 0 radical (unpaired) electrons. The fourth-order valence-electron chi connectivity index (χ4n) is 2.60. The molecule has 0 fully saturated rings. The summed E-state index contributed by atoms with van der Waals surface area (Å²) in [7, 11) is 2.04. The summed E-state index contributed by atoms with van der Waals surface area (Å²) < 4.78 is 5.72. The Hall–Kier alpha value is -0.760. The van der Waals surface area contributed by atoms with Crippen LogP contribution in [0.4, 0.5) is 0 Å². The Bertz CT molecular complexity index is 341. The Morgan fingerprint density at radius 1 is 1.19 bits per heavy atom. The summed E-state index contributed by atoms with van der Waals surface area (Å²) in [6.45, 7) is 10.8. The van der Waals surface area contributed by atoms with Crippen LogP contribution in [0.5, 0.6) is 0 Å². The molecule has 1 aromatic heterocycles. The Kier molecular flexibility index (Phi) is 4.60. The lowest BCUT2D eigenvalue weighted by atomic mass is 9.89. The number of furan rings is 1. The van der Waals surface area contributed by atoms with Gasteiger partial charge in [-0.1, -0.05) is 20.3 Å². The van der Waals surface area contributed by atoms with Crippen LogP contribution < -0.4 is 5.32 Å². The van der Waals surface area contributed by atoms with Gasteiger partial charge in [-0.2, -0.15) is 0 Å². The Morgan fingerprint density at radius 2 is 1.81 bits per heavy atom. The minimum absolute atomic E-state index is 0.414. The predicted molar refractivity (Wildman–Crippen MR) is 68.8 cm³/mol. The predicted octanol–water partition coefficient (Wildman–Crippen LogP) is 3.90. The zero-order chi connectivity index (χ0) is 12.3. The minimum atomic E-state index is 0.414. The van der Waals surface area contributed by atoms with E-state index in [-0.39, 0.29) is 0 Å². The third-order valence-corrected chi connectivity index (χ3v) is 3.55. The summed E-state index contributed by atoms with van der Waals surface area (Å²) in [6.07, 6.45) is 2.48. The van der Waals surface area contributed by atoms with Gasteiger partial charge < -0.3 is 9.73 Å². The highest BCUT2D eigenvalue weighted by molar-refractivity contribution is 5.34. The molecule has 0 aliphatic carbocycles. The SMILES string of the molecule is CCCC(C)C(NC)c1c(C)oc(C)c1C. The fraction of sp³-hybridized carbons (Fsp3) is 0.714. The topological polar surface area (TPSA) is 25.2 Å². The largest absolute Gasteiger partial charge is 0.466 e. The summed E-state index contributed by atoms with van der Waals surface area (Å²) in [4.78, 5) is 0. The molecule has 92 valence electrons. The molecule has 1 N–H and O–H groups in total. The molecule has 1 rings (SSSR count). The van der Waals surface area contributed by atoms with Crippen molar-refractivity contribution < 1.29 is 4.42 Å². The molecule has 0 spiro atoms. The van der Waals surface area contributed by atoms with E-state index >= 15 is 0 Å². The van der Waals surface area contributed by atoms with Gasteiger partial charge >= 0.3 is 0 Å². The fourth-order valence-corrected chi connectivity index (χ4v) is 2.60. The van der Waals surface area contributed by atoms with Crippen LogP contribution in [0.3, 0.4) is 0 Å². The van der Waals surface area contributed by atoms with Crippen molar-refractivity contribution in [3.8, 4) is 0 Å². The van der Waals surface area contributed by atoms with E-state index in [4.69, 9.17) is 4.42 Å². The molecule has 1 aromatic rings. The van der Waals surface area contributed by atoms with E-state index in [0.717, 1.165) is 11.5 Å². The van der Waals surface area contributed by atoms with E-state index in [1.54, 1.807) is 0 Å². The van der Waals surface area contributed by atoms with Crippen molar-refractivity contribution in [3.63, 3.8) is 0 Å². The average molecular weight is 223 g/mol. The third kappa shape index (κ3) is 2.49. The normalized spacial score (nSPS) is 15.1. The van der Waals surface area contributed by atoms with E-state index in [1.165, 1.54) is 24.0 Å². The van der Waals surface area contributed by atoms with Gasteiger partial charge in [0.25, 0.3) is 0 Å². The summed E-state index contributed by atoms with van der Waals surface area (Å²) >= 11 is 0. The van der Waals surface area contributed by atoms with Crippen molar-refractivity contribution >= 4 is 0 Å². The number of aryl methyl sites for hydroxylation is 2. The quantitative estimate of drug-likeness (QED) is 0.819. The van der Waals surface area contributed by atoms with Crippen molar-refractivity contribution in [1.29, 1.82) is 0 Å². The van der Waals surface area contributed by atoms with Gasteiger partial charge in [-0.15, -0.1) is 0 Å². The zero-order valence-corrected chi connectivity index (χ0v) is 11.5. The third-order valence-electron chi connectivity index (χ3n) is 3.55. The van der Waals surface area contributed by atoms with Crippen LogP contribution in [0.15, 0.2) is 4.42 Å². The van der Waals surface area contributed by atoms with Gasteiger partial charge in [0.2, 0.25) is 0 Å². The van der Waals surface area contributed by atoms with Crippen LogP contribution in [-0.2, 0) is 0 Å².